The molecule has 1 unspecified atom stereocenters. The minimum Gasteiger partial charge on any atom is -0.479 e. The summed E-state index contributed by atoms with van der Waals surface area (Å²) in [5.74, 6) is -0.853. The van der Waals surface area contributed by atoms with Gasteiger partial charge in [0.15, 0.2) is 4.05 Å². The molecule has 1 aromatic heterocycles. The number of pyridine rings is 1. The van der Waals surface area contributed by atoms with Crippen LogP contribution >= 0.6 is 22.6 Å². The van der Waals surface area contributed by atoms with Crippen molar-refractivity contribution in [3.63, 3.8) is 0 Å². The number of aliphatic carboxylic acids is 1. The van der Waals surface area contributed by atoms with Gasteiger partial charge in [-0.2, -0.15) is 0 Å². The van der Waals surface area contributed by atoms with Crippen molar-refractivity contribution in [2.75, 3.05) is 0 Å². The highest BCUT2D eigenvalue weighted by atomic mass is 127. The summed E-state index contributed by atoms with van der Waals surface area (Å²) in [6.45, 7) is 0.538. The second-order valence-corrected chi connectivity index (χ2v) is 5.26. The summed E-state index contributed by atoms with van der Waals surface area (Å²) < 4.78 is -0.572. The molecular formula is C14H13IN2O2. The van der Waals surface area contributed by atoms with Crippen LogP contribution in [0, 0.1) is 0 Å². The molecule has 98 valence electrons. The van der Waals surface area contributed by atoms with Crippen molar-refractivity contribution in [2.45, 2.75) is 10.6 Å². The zero-order valence-electron chi connectivity index (χ0n) is 10.1. The number of carboxylic acids is 1. The smallest absolute Gasteiger partial charge is 0.330 e. The number of benzene rings is 1. The van der Waals surface area contributed by atoms with Gasteiger partial charge in [0.05, 0.1) is 0 Å². The van der Waals surface area contributed by atoms with Gasteiger partial charge in [-0.15, -0.1) is 0 Å². The third kappa shape index (κ3) is 4.00. The van der Waals surface area contributed by atoms with Crippen LogP contribution in [0.1, 0.15) is 5.56 Å². The first kappa shape index (κ1) is 14.0. The molecule has 0 aliphatic carbocycles. The maximum Gasteiger partial charge on any atom is 0.330 e. The highest BCUT2D eigenvalue weighted by molar-refractivity contribution is 14.1. The average Bonchev–Trinajstić information content (AvgIpc) is 2.46. The molecule has 0 saturated heterocycles. The van der Waals surface area contributed by atoms with Gasteiger partial charge in [-0.25, -0.2) is 4.79 Å². The Morgan fingerprint density at radius 1 is 1.16 bits per heavy atom. The van der Waals surface area contributed by atoms with E-state index in [1.54, 1.807) is 12.4 Å². The van der Waals surface area contributed by atoms with Crippen LogP contribution in [0.2, 0.25) is 0 Å². The standard InChI is InChI=1S/C14H13IN2O2/c15-13(14(18)19)17-9-10-1-3-11(4-2-10)12-5-7-16-8-6-12/h1-8,13,17H,9H2,(H,18,19). The lowest BCUT2D eigenvalue weighted by molar-refractivity contribution is -0.136. The van der Waals surface area contributed by atoms with Crippen molar-refractivity contribution in [3.05, 3.63) is 54.4 Å². The average molecular weight is 368 g/mol. The number of nitrogens with zero attached hydrogens (tertiary/aromatic N) is 1. The van der Waals surface area contributed by atoms with E-state index in [1.165, 1.54) is 0 Å². The predicted molar refractivity (Wildman–Crippen MR) is 82.0 cm³/mol. The molecule has 0 bridgehead atoms. The van der Waals surface area contributed by atoms with E-state index in [0.717, 1.165) is 16.7 Å². The van der Waals surface area contributed by atoms with E-state index in [0.29, 0.717) is 6.54 Å². The summed E-state index contributed by atoms with van der Waals surface area (Å²) >= 11 is 1.86. The fraction of sp³-hybridized carbons (Fsp3) is 0.143. The van der Waals surface area contributed by atoms with Gasteiger partial charge in [0.1, 0.15) is 0 Å². The number of nitrogens with one attached hydrogen (secondary N) is 1. The van der Waals surface area contributed by atoms with Crippen LogP contribution in [0.25, 0.3) is 11.1 Å². The van der Waals surface area contributed by atoms with Crippen LogP contribution in [0.4, 0.5) is 0 Å². The van der Waals surface area contributed by atoms with Crippen LogP contribution in [-0.2, 0) is 11.3 Å². The molecule has 19 heavy (non-hydrogen) atoms. The lowest BCUT2D eigenvalue weighted by Crippen LogP contribution is -2.30. The summed E-state index contributed by atoms with van der Waals surface area (Å²) in [4.78, 5) is 14.7. The third-order valence-electron chi connectivity index (χ3n) is 2.67. The molecule has 2 rings (SSSR count). The summed E-state index contributed by atoms with van der Waals surface area (Å²) in [7, 11) is 0. The molecule has 0 aliphatic rings. The maximum atomic E-state index is 10.7. The van der Waals surface area contributed by atoms with Crippen LogP contribution in [-0.4, -0.2) is 20.1 Å². The summed E-state index contributed by atoms with van der Waals surface area (Å²) in [6, 6.07) is 11.9. The van der Waals surface area contributed by atoms with Crippen LogP contribution < -0.4 is 5.32 Å². The normalized spacial score (nSPS) is 12.1. The first-order valence-electron chi connectivity index (χ1n) is 5.76. The van der Waals surface area contributed by atoms with Crippen molar-refractivity contribution in [1.82, 2.24) is 10.3 Å². The van der Waals surface area contributed by atoms with Crippen LogP contribution in [0.15, 0.2) is 48.8 Å². The lowest BCUT2D eigenvalue weighted by atomic mass is 10.1. The molecule has 1 heterocycles. The third-order valence-corrected chi connectivity index (χ3v) is 3.64. The largest absolute Gasteiger partial charge is 0.479 e. The number of aromatic nitrogens is 1. The fourth-order valence-electron chi connectivity index (χ4n) is 1.65. The number of rotatable bonds is 5. The second kappa shape index (κ2) is 6.63. The molecule has 2 aromatic rings. The molecule has 0 aliphatic heterocycles. The molecule has 0 amide bonds. The maximum absolute atomic E-state index is 10.7. The molecule has 0 radical (unpaired) electrons. The van der Waals surface area contributed by atoms with E-state index in [4.69, 9.17) is 5.11 Å². The quantitative estimate of drug-likeness (QED) is 0.484. The van der Waals surface area contributed by atoms with E-state index in [-0.39, 0.29) is 0 Å². The molecule has 2 N–H and O–H groups in total. The minimum atomic E-state index is -0.853. The van der Waals surface area contributed by atoms with Gasteiger partial charge >= 0.3 is 5.97 Å². The van der Waals surface area contributed by atoms with E-state index < -0.39 is 10.0 Å². The zero-order valence-corrected chi connectivity index (χ0v) is 12.2. The highest BCUT2D eigenvalue weighted by Gasteiger charge is 2.10. The van der Waals surface area contributed by atoms with Gasteiger partial charge in [0.25, 0.3) is 0 Å². The van der Waals surface area contributed by atoms with E-state index in [1.807, 2.05) is 59.0 Å². The highest BCUT2D eigenvalue weighted by Crippen LogP contribution is 2.18. The van der Waals surface area contributed by atoms with Gasteiger partial charge in [-0.05, 0) is 28.8 Å². The Morgan fingerprint density at radius 2 is 1.74 bits per heavy atom. The molecule has 4 nitrogen and oxygen atoms in total. The number of carboxylic acid groups (broad SMARTS) is 1. The summed E-state index contributed by atoms with van der Waals surface area (Å²) in [5, 5.41) is 11.7. The topological polar surface area (TPSA) is 62.2 Å². The summed E-state index contributed by atoms with van der Waals surface area (Å²) in [6.07, 6.45) is 3.52. The minimum absolute atomic E-state index is 0.538. The number of carbonyl (C=O) groups is 1. The first-order valence-corrected chi connectivity index (χ1v) is 7.01. The molecule has 0 fully saturated rings. The Balaban J connectivity index is 2.01. The van der Waals surface area contributed by atoms with Crippen molar-refractivity contribution in [1.29, 1.82) is 0 Å². The Hall–Kier alpha value is -1.47. The Morgan fingerprint density at radius 3 is 2.32 bits per heavy atom. The monoisotopic (exact) mass is 368 g/mol. The molecular weight excluding hydrogens is 355 g/mol. The van der Waals surface area contributed by atoms with Gasteiger partial charge in [0.2, 0.25) is 0 Å². The predicted octanol–water partition coefficient (Wildman–Crippen LogP) is 2.68. The molecule has 5 heteroatoms. The van der Waals surface area contributed by atoms with Crippen molar-refractivity contribution in [2.24, 2.45) is 0 Å². The zero-order chi connectivity index (χ0) is 13.7. The van der Waals surface area contributed by atoms with Crippen molar-refractivity contribution < 1.29 is 9.90 Å². The molecule has 1 atom stereocenters. The number of halogens is 1. The Kier molecular flexibility index (Phi) is 4.86. The van der Waals surface area contributed by atoms with Gasteiger partial charge < -0.3 is 5.11 Å². The second-order valence-electron chi connectivity index (χ2n) is 4.01. The fourth-order valence-corrected chi connectivity index (χ4v) is 1.87. The SMILES string of the molecule is O=C(O)C(I)NCc1ccc(-c2ccncc2)cc1. The molecule has 1 aromatic carbocycles. The van der Waals surface area contributed by atoms with Gasteiger partial charge in [-0.1, -0.05) is 46.9 Å². The summed E-state index contributed by atoms with van der Waals surface area (Å²) in [5.41, 5.74) is 3.29. The number of alkyl halides is 1. The van der Waals surface area contributed by atoms with E-state index in [2.05, 4.69) is 10.3 Å². The van der Waals surface area contributed by atoms with Crippen LogP contribution in [0.3, 0.4) is 0 Å². The van der Waals surface area contributed by atoms with Gasteiger partial charge in [0, 0.05) is 18.9 Å². The molecule has 0 saturated carbocycles. The van der Waals surface area contributed by atoms with Crippen LogP contribution in [0.5, 0.6) is 0 Å². The van der Waals surface area contributed by atoms with E-state index in [9.17, 15) is 4.79 Å². The van der Waals surface area contributed by atoms with Gasteiger partial charge in [-0.3, -0.25) is 10.3 Å². The molecule has 0 spiro atoms. The van der Waals surface area contributed by atoms with Crippen molar-refractivity contribution >= 4 is 28.6 Å². The lowest BCUT2D eigenvalue weighted by Gasteiger charge is -2.08. The number of hydrogen-bond acceptors (Lipinski definition) is 3. The number of hydrogen-bond donors (Lipinski definition) is 2. The Labute approximate surface area is 125 Å². The first-order chi connectivity index (χ1) is 9.16. The van der Waals surface area contributed by atoms with E-state index >= 15 is 0 Å². The Bertz CT molecular complexity index is 543. The van der Waals surface area contributed by atoms with Crippen molar-refractivity contribution in [3.8, 4) is 11.1 Å².